The zero-order valence-electron chi connectivity index (χ0n) is 10.3. The van der Waals surface area contributed by atoms with Gasteiger partial charge in [0.2, 0.25) is 0 Å². The second kappa shape index (κ2) is 4.35. The van der Waals surface area contributed by atoms with Crippen molar-refractivity contribution in [2.45, 2.75) is 43.6 Å². The fourth-order valence-corrected chi connectivity index (χ4v) is 3.04. The molecule has 0 radical (unpaired) electrons. The average molecular weight is 252 g/mol. The molecule has 2 fully saturated rings. The monoisotopic (exact) mass is 252 g/mol. The fourth-order valence-electron chi connectivity index (χ4n) is 3.04. The van der Waals surface area contributed by atoms with Gasteiger partial charge in [-0.2, -0.15) is 0 Å². The number of hydrogen-bond donors (Lipinski definition) is 1. The van der Waals surface area contributed by atoms with Gasteiger partial charge in [-0.25, -0.2) is 14.4 Å². The van der Waals surface area contributed by atoms with E-state index in [9.17, 15) is 4.39 Å². The highest BCUT2D eigenvalue weighted by molar-refractivity contribution is 5.39. The van der Waals surface area contributed by atoms with Crippen LogP contribution in [0.2, 0.25) is 0 Å². The summed E-state index contributed by atoms with van der Waals surface area (Å²) < 4.78 is 20.0. The summed E-state index contributed by atoms with van der Waals surface area (Å²) in [4.78, 5) is 10.0. The normalized spacial score (nSPS) is 35.7. The molecule has 1 aromatic rings. The van der Waals surface area contributed by atoms with E-state index in [-0.39, 0.29) is 17.7 Å². The van der Waals surface area contributed by atoms with Crippen LogP contribution >= 0.6 is 0 Å². The Kier molecular flexibility index (Phi) is 2.81. The van der Waals surface area contributed by atoms with Crippen molar-refractivity contribution < 1.29 is 9.13 Å². The number of aromatic nitrogens is 2. The lowest BCUT2D eigenvalue weighted by Crippen LogP contribution is -2.52. The Bertz CT molecular complexity index is 444. The average Bonchev–Trinajstić information content (AvgIpc) is 2.62. The van der Waals surface area contributed by atoms with E-state index in [2.05, 4.69) is 14.9 Å². The van der Waals surface area contributed by atoms with Gasteiger partial charge in [0.1, 0.15) is 6.10 Å². The molecule has 5 nitrogen and oxygen atoms in total. The lowest BCUT2D eigenvalue weighted by Gasteiger charge is -2.38. The molecular weight excluding hydrogens is 235 g/mol. The van der Waals surface area contributed by atoms with Crippen molar-refractivity contribution in [1.82, 2.24) is 14.9 Å². The van der Waals surface area contributed by atoms with Crippen molar-refractivity contribution in [3.63, 3.8) is 0 Å². The molecule has 2 bridgehead atoms. The van der Waals surface area contributed by atoms with Gasteiger partial charge in [-0.1, -0.05) is 0 Å². The highest BCUT2D eigenvalue weighted by Gasteiger charge is 2.47. The molecule has 0 spiro atoms. The number of nitrogen functional groups attached to an aromatic ring is 1. The van der Waals surface area contributed by atoms with Crippen molar-refractivity contribution in [1.29, 1.82) is 0 Å². The number of rotatable bonds is 2. The summed E-state index contributed by atoms with van der Waals surface area (Å²) in [6, 6.07) is 0.372. The quantitative estimate of drug-likeness (QED) is 0.851. The third-order valence-corrected chi connectivity index (χ3v) is 4.08. The van der Waals surface area contributed by atoms with Crippen LogP contribution in [0.15, 0.2) is 12.4 Å². The smallest absolute Gasteiger partial charge is 0.257 e. The van der Waals surface area contributed by atoms with Crippen LogP contribution in [-0.2, 0) is 0 Å². The van der Waals surface area contributed by atoms with Crippen molar-refractivity contribution in [2.75, 3.05) is 12.8 Å². The Labute approximate surface area is 105 Å². The first-order valence-corrected chi connectivity index (χ1v) is 6.26. The lowest BCUT2D eigenvalue weighted by atomic mass is 9.98. The molecule has 98 valence electrons. The van der Waals surface area contributed by atoms with E-state index in [4.69, 9.17) is 10.5 Å². The molecule has 0 saturated carbocycles. The van der Waals surface area contributed by atoms with Gasteiger partial charge in [-0.15, -0.1) is 0 Å². The van der Waals surface area contributed by atoms with Crippen LogP contribution in [0.3, 0.4) is 0 Å². The van der Waals surface area contributed by atoms with Crippen LogP contribution in [0, 0.1) is 0 Å². The topological polar surface area (TPSA) is 64.3 Å². The molecule has 6 heteroatoms. The number of alkyl halides is 1. The minimum absolute atomic E-state index is 0.0355. The second-order valence-corrected chi connectivity index (χ2v) is 5.05. The second-order valence-electron chi connectivity index (χ2n) is 5.05. The third-order valence-electron chi connectivity index (χ3n) is 4.08. The molecule has 18 heavy (non-hydrogen) atoms. The van der Waals surface area contributed by atoms with E-state index in [1.807, 2.05) is 7.05 Å². The predicted molar refractivity (Wildman–Crippen MR) is 64.9 cm³/mol. The lowest BCUT2D eigenvalue weighted by molar-refractivity contribution is -0.0128. The highest BCUT2D eigenvalue weighted by atomic mass is 19.1. The molecule has 2 aliphatic rings. The molecule has 0 unspecified atom stereocenters. The van der Waals surface area contributed by atoms with Gasteiger partial charge >= 0.3 is 0 Å². The number of ether oxygens (including phenoxy) is 1. The van der Waals surface area contributed by atoms with Crippen molar-refractivity contribution in [3.8, 4) is 5.88 Å². The Morgan fingerprint density at radius 3 is 2.94 bits per heavy atom. The highest BCUT2D eigenvalue weighted by Crippen LogP contribution is 2.37. The van der Waals surface area contributed by atoms with Crippen molar-refractivity contribution >= 4 is 5.82 Å². The number of piperidine rings is 1. The van der Waals surface area contributed by atoms with Gasteiger partial charge in [-0.05, 0) is 19.9 Å². The summed E-state index contributed by atoms with van der Waals surface area (Å²) in [6.07, 6.45) is 4.17. The number of fused-ring (bicyclic) bond motifs is 2. The number of anilines is 1. The summed E-state index contributed by atoms with van der Waals surface area (Å²) in [6.45, 7) is 0. The van der Waals surface area contributed by atoms with E-state index >= 15 is 0 Å². The van der Waals surface area contributed by atoms with Crippen LogP contribution in [0.4, 0.5) is 10.2 Å². The van der Waals surface area contributed by atoms with Crippen molar-refractivity contribution in [3.05, 3.63) is 12.4 Å². The first kappa shape index (κ1) is 11.6. The summed E-state index contributed by atoms with van der Waals surface area (Å²) in [5.41, 5.74) is 5.66. The number of hydrogen-bond acceptors (Lipinski definition) is 5. The van der Waals surface area contributed by atoms with E-state index in [1.54, 1.807) is 0 Å². The molecule has 2 aliphatic heterocycles. The van der Waals surface area contributed by atoms with Crippen LogP contribution < -0.4 is 10.5 Å². The SMILES string of the molecule is CN1[C@@H]2CC[C@H]1[C@H](F)[C@H](Oc1nccnc1N)C2. The molecule has 0 aromatic carbocycles. The van der Waals surface area contributed by atoms with Crippen LogP contribution in [0.25, 0.3) is 0 Å². The fraction of sp³-hybridized carbons (Fsp3) is 0.667. The number of nitrogens with zero attached hydrogens (tertiary/aromatic N) is 3. The van der Waals surface area contributed by atoms with Crippen LogP contribution in [-0.4, -0.2) is 46.3 Å². The number of halogens is 1. The number of nitrogens with two attached hydrogens (primary N) is 1. The molecule has 3 rings (SSSR count). The Morgan fingerprint density at radius 1 is 1.39 bits per heavy atom. The summed E-state index contributed by atoms with van der Waals surface area (Å²) in [5, 5.41) is 0. The Balaban J connectivity index is 1.76. The van der Waals surface area contributed by atoms with Gasteiger partial charge < -0.3 is 10.5 Å². The Hall–Kier alpha value is -1.43. The van der Waals surface area contributed by atoms with Crippen LogP contribution in [0.1, 0.15) is 19.3 Å². The molecule has 3 heterocycles. The maximum absolute atomic E-state index is 14.4. The van der Waals surface area contributed by atoms with E-state index in [1.165, 1.54) is 12.4 Å². The Morgan fingerprint density at radius 2 is 2.17 bits per heavy atom. The van der Waals surface area contributed by atoms with E-state index in [0.29, 0.717) is 12.5 Å². The zero-order valence-corrected chi connectivity index (χ0v) is 10.3. The molecular formula is C12H17FN4O. The van der Waals surface area contributed by atoms with Gasteiger partial charge in [0, 0.05) is 30.9 Å². The summed E-state index contributed by atoms with van der Waals surface area (Å²) in [5.74, 6) is 0.463. The van der Waals surface area contributed by atoms with Gasteiger partial charge in [-0.3, -0.25) is 4.90 Å². The molecule has 1 aromatic heterocycles. The molecule has 4 atom stereocenters. The van der Waals surface area contributed by atoms with Crippen LogP contribution in [0.5, 0.6) is 5.88 Å². The zero-order chi connectivity index (χ0) is 12.7. The molecule has 2 N–H and O–H groups in total. The first-order valence-electron chi connectivity index (χ1n) is 6.26. The third kappa shape index (κ3) is 1.80. The predicted octanol–water partition coefficient (Wildman–Crippen LogP) is 1.01. The van der Waals surface area contributed by atoms with E-state index < -0.39 is 12.3 Å². The van der Waals surface area contributed by atoms with Gasteiger partial charge in [0.05, 0.1) is 0 Å². The maximum atomic E-state index is 14.4. The first-order chi connectivity index (χ1) is 8.66. The van der Waals surface area contributed by atoms with Crippen molar-refractivity contribution in [2.24, 2.45) is 0 Å². The standard InChI is InChI=1S/C12H17FN4O/c1-17-7-2-3-8(17)10(13)9(6-7)18-12-11(14)15-4-5-16-12/h4-5,7-10H,2-3,6H2,1H3,(H2,14,15)/t7-,8+,9-,10+/m1/s1. The molecule has 0 aliphatic carbocycles. The largest absolute Gasteiger partial charge is 0.469 e. The maximum Gasteiger partial charge on any atom is 0.257 e. The van der Waals surface area contributed by atoms with Gasteiger partial charge in [0.25, 0.3) is 5.88 Å². The molecule has 0 amide bonds. The molecule has 2 saturated heterocycles. The summed E-state index contributed by atoms with van der Waals surface area (Å²) in [7, 11) is 1.99. The van der Waals surface area contributed by atoms with Gasteiger partial charge in [0.15, 0.2) is 12.0 Å². The minimum Gasteiger partial charge on any atom is -0.469 e. The van der Waals surface area contributed by atoms with E-state index in [0.717, 1.165) is 12.8 Å². The minimum atomic E-state index is -0.991. The summed E-state index contributed by atoms with van der Waals surface area (Å²) >= 11 is 0.